The fourth-order valence-corrected chi connectivity index (χ4v) is 1.98. The lowest BCUT2D eigenvalue weighted by Crippen LogP contribution is -2.26. The van der Waals surface area contributed by atoms with Crippen molar-refractivity contribution in [3.05, 3.63) is 35.5 Å². The zero-order valence-corrected chi connectivity index (χ0v) is 11.6. The Morgan fingerprint density at radius 1 is 1.40 bits per heavy atom. The molecule has 0 saturated heterocycles. The molecule has 2 rings (SSSR count). The molecule has 0 fully saturated rings. The number of nitrogens with zero attached hydrogens (tertiary/aromatic N) is 1. The van der Waals surface area contributed by atoms with Crippen molar-refractivity contribution < 1.29 is 14.6 Å². The Hall–Kier alpha value is -2.14. The van der Waals surface area contributed by atoms with Gasteiger partial charge in [-0.1, -0.05) is 0 Å². The number of carbonyl (C=O) groups excluding carboxylic acids is 1. The van der Waals surface area contributed by atoms with Gasteiger partial charge in [-0.25, -0.2) is 0 Å². The molecule has 0 aliphatic rings. The number of hydrogen-bond acceptors (Lipinski definition) is 4. The van der Waals surface area contributed by atoms with E-state index in [1.54, 1.807) is 14.0 Å². The number of rotatable bonds is 5. The van der Waals surface area contributed by atoms with Crippen molar-refractivity contribution in [3.63, 3.8) is 0 Å². The average Bonchev–Trinajstić information content (AvgIpc) is 2.46. The molecule has 5 heteroatoms. The first kappa shape index (κ1) is 14.3. The lowest BCUT2D eigenvalue weighted by atomic mass is 10.1. The Labute approximate surface area is 117 Å². The van der Waals surface area contributed by atoms with Gasteiger partial charge in [-0.2, -0.15) is 0 Å². The molecular formula is C15H18N2O3. The lowest BCUT2D eigenvalue weighted by molar-refractivity contribution is 0.0950. The largest absolute Gasteiger partial charge is 0.497 e. The number of ether oxygens (including phenoxy) is 1. The van der Waals surface area contributed by atoms with Gasteiger partial charge >= 0.3 is 0 Å². The fraction of sp³-hybridized carbons (Fsp3) is 0.333. The van der Waals surface area contributed by atoms with Crippen LogP contribution in [-0.4, -0.2) is 36.3 Å². The first-order chi connectivity index (χ1) is 9.65. The summed E-state index contributed by atoms with van der Waals surface area (Å²) in [6.07, 6.45) is 0.545. The SMILES string of the molecule is COc1ccc2cc(C(=O)NCCCO)c(C)nc2c1. The summed E-state index contributed by atoms with van der Waals surface area (Å²) in [6, 6.07) is 7.39. The maximum Gasteiger partial charge on any atom is 0.253 e. The molecule has 2 N–H and O–H groups in total. The molecule has 20 heavy (non-hydrogen) atoms. The summed E-state index contributed by atoms with van der Waals surface area (Å²) in [5, 5.41) is 12.4. The summed E-state index contributed by atoms with van der Waals surface area (Å²) in [6.45, 7) is 2.32. The van der Waals surface area contributed by atoms with Crippen LogP contribution in [0.3, 0.4) is 0 Å². The van der Waals surface area contributed by atoms with Crippen LogP contribution in [0.1, 0.15) is 22.5 Å². The van der Waals surface area contributed by atoms with Crippen molar-refractivity contribution >= 4 is 16.8 Å². The van der Waals surface area contributed by atoms with Crippen LogP contribution in [0.4, 0.5) is 0 Å². The number of benzene rings is 1. The van der Waals surface area contributed by atoms with E-state index >= 15 is 0 Å². The molecular weight excluding hydrogens is 256 g/mol. The zero-order valence-electron chi connectivity index (χ0n) is 11.6. The molecule has 0 unspecified atom stereocenters. The Morgan fingerprint density at radius 3 is 2.90 bits per heavy atom. The number of aromatic nitrogens is 1. The van der Waals surface area contributed by atoms with Gasteiger partial charge in [0.1, 0.15) is 5.75 Å². The Balaban J connectivity index is 2.30. The monoisotopic (exact) mass is 274 g/mol. The van der Waals surface area contributed by atoms with Gasteiger partial charge in [0.2, 0.25) is 0 Å². The van der Waals surface area contributed by atoms with Crippen LogP contribution in [0.25, 0.3) is 10.9 Å². The van der Waals surface area contributed by atoms with Crippen molar-refractivity contribution in [2.75, 3.05) is 20.3 Å². The summed E-state index contributed by atoms with van der Waals surface area (Å²) in [5.41, 5.74) is 2.03. The molecule has 0 aliphatic heterocycles. The molecule has 0 radical (unpaired) electrons. The summed E-state index contributed by atoms with van der Waals surface area (Å²) in [7, 11) is 1.61. The number of aliphatic hydroxyl groups is 1. The van der Waals surface area contributed by atoms with Crippen LogP contribution in [0.2, 0.25) is 0 Å². The van der Waals surface area contributed by atoms with Gasteiger partial charge < -0.3 is 15.2 Å². The second-order valence-electron chi connectivity index (χ2n) is 4.51. The van der Waals surface area contributed by atoms with E-state index in [-0.39, 0.29) is 12.5 Å². The average molecular weight is 274 g/mol. The Kier molecular flexibility index (Phi) is 4.53. The Morgan fingerprint density at radius 2 is 2.20 bits per heavy atom. The minimum Gasteiger partial charge on any atom is -0.497 e. The third-order valence-electron chi connectivity index (χ3n) is 3.08. The maximum absolute atomic E-state index is 12.0. The van der Waals surface area contributed by atoms with Crippen LogP contribution < -0.4 is 10.1 Å². The lowest BCUT2D eigenvalue weighted by Gasteiger charge is -2.09. The predicted octanol–water partition coefficient (Wildman–Crippen LogP) is 1.66. The minimum atomic E-state index is -0.166. The number of carbonyl (C=O) groups is 1. The summed E-state index contributed by atoms with van der Waals surface area (Å²) in [4.78, 5) is 16.5. The topological polar surface area (TPSA) is 71.5 Å². The molecule has 5 nitrogen and oxygen atoms in total. The number of nitrogens with one attached hydrogen (secondary N) is 1. The molecule has 0 atom stereocenters. The molecule has 2 aromatic rings. The molecule has 0 bridgehead atoms. The van der Waals surface area contributed by atoms with Crippen molar-refractivity contribution in [2.45, 2.75) is 13.3 Å². The van der Waals surface area contributed by atoms with Crippen LogP contribution in [-0.2, 0) is 0 Å². The van der Waals surface area contributed by atoms with Gasteiger partial charge in [0.25, 0.3) is 5.91 Å². The van der Waals surface area contributed by atoms with E-state index in [0.717, 1.165) is 16.7 Å². The number of aliphatic hydroxyl groups excluding tert-OH is 1. The summed E-state index contributed by atoms with van der Waals surface area (Å²) in [5.74, 6) is 0.575. The molecule has 0 saturated carbocycles. The van der Waals surface area contributed by atoms with Gasteiger partial charge in [-0.15, -0.1) is 0 Å². The molecule has 0 spiro atoms. The second kappa shape index (κ2) is 6.34. The standard InChI is InChI=1S/C15H18N2O3/c1-10-13(15(19)16-6-3-7-18)8-11-4-5-12(20-2)9-14(11)17-10/h4-5,8-9,18H,3,6-7H2,1-2H3,(H,16,19). The van der Waals surface area contributed by atoms with Gasteiger partial charge in [-0.05, 0) is 31.5 Å². The quantitative estimate of drug-likeness (QED) is 0.813. The van der Waals surface area contributed by atoms with E-state index in [9.17, 15) is 4.79 Å². The number of pyridine rings is 1. The van der Waals surface area contributed by atoms with E-state index < -0.39 is 0 Å². The molecule has 106 valence electrons. The van der Waals surface area contributed by atoms with E-state index in [1.165, 1.54) is 0 Å². The predicted molar refractivity (Wildman–Crippen MR) is 77.1 cm³/mol. The normalized spacial score (nSPS) is 10.6. The van der Waals surface area contributed by atoms with Crippen molar-refractivity contribution in [1.82, 2.24) is 10.3 Å². The van der Waals surface area contributed by atoms with Gasteiger partial charge in [0.05, 0.1) is 23.9 Å². The summed E-state index contributed by atoms with van der Waals surface area (Å²) < 4.78 is 5.16. The fourth-order valence-electron chi connectivity index (χ4n) is 1.98. The highest BCUT2D eigenvalue weighted by molar-refractivity contribution is 5.98. The molecule has 1 heterocycles. The Bertz CT molecular complexity index is 626. The van der Waals surface area contributed by atoms with Gasteiger partial charge in [0, 0.05) is 24.6 Å². The number of amides is 1. The van der Waals surface area contributed by atoms with Crippen LogP contribution >= 0.6 is 0 Å². The molecule has 1 amide bonds. The molecule has 0 aliphatic carbocycles. The highest BCUT2D eigenvalue weighted by Gasteiger charge is 2.11. The second-order valence-corrected chi connectivity index (χ2v) is 4.51. The van der Waals surface area contributed by atoms with Crippen molar-refractivity contribution in [2.24, 2.45) is 0 Å². The smallest absolute Gasteiger partial charge is 0.253 e. The first-order valence-corrected chi connectivity index (χ1v) is 6.50. The molecule has 1 aromatic heterocycles. The van der Waals surface area contributed by atoms with Gasteiger partial charge in [0.15, 0.2) is 0 Å². The highest BCUT2D eigenvalue weighted by Crippen LogP contribution is 2.21. The highest BCUT2D eigenvalue weighted by atomic mass is 16.5. The zero-order chi connectivity index (χ0) is 14.5. The van der Waals surface area contributed by atoms with Crippen LogP contribution in [0.5, 0.6) is 5.75 Å². The summed E-state index contributed by atoms with van der Waals surface area (Å²) >= 11 is 0. The van der Waals surface area contributed by atoms with E-state index in [0.29, 0.717) is 24.2 Å². The number of aryl methyl sites for hydroxylation is 1. The number of hydrogen-bond donors (Lipinski definition) is 2. The van der Waals surface area contributed by atoms with Crippen molar-refractivity contribution in [3.8, 4) is 5.75 Å². The molecule has 1 aromatic carbocycles. The number of fused-ring (bicyclic) bond motifs is 1. The first-order valence-electron chi connectivity index (χ1n) is 6.50. The van der Waals surface area contributed by atoms with Crippen LogP contribution in [0.15, 0.2) is 24.3 Å². The third-order valence-corrected chi connectivity index (χ3v) is 3.08. The van der Waals surface area contributed by atoms with Crippen molar-refractivity contribution in [1.29, 1.82) is 0 Å². The van der Waals surface area contributed by atoms with E-state index in [2.05, 4.69) is 10.3 Å². The maximum atomic E-state index is 12.0. The van der Waals surface area contributed by atoms with Gasteiger partial charge in [-0.3, -0.25) is 9.78 Å². The number of methoxy groups -OCH3 is 1. The van der Waals surface area contributed by atoms with E-state index in [4.69, 9.17) is 9.84 Å². The van der Waals surface area contributed by atoms with E-state index in [1.807, 2.05) is 24.3 Å². The minimum absolute atomic E-state index is 0.0645. The third kappa shape index (κ3) is 3.05. The van der Waals surface area contributed by atoms with Crippen LogP contribution in [0, 0.1) is 6.92 Å².